The standard InChI is InChI=1S/C10H18N4OS/c1-7-5-14(6-8(2)16-7)10-13-12-9(15-10)4-11-3/h7-8,11H,4-6H2,1-3H3. The molecule has 0 aliphatic carbocycles. The molecule has 6 heteroatoms. The van der Waals surface area contributed by atoms with E-state index >= 15 is 0 Å². The molecule has 0 aromatic carbocycles. The summed E-state index contributed by atoms with van der Waals surface area (Å²) in [5, 5.41) is 12.3. The van der Waals surface area contributed by atoms with Gasteiger partial charge in [0, 0.05) is 23.6 Å². The molecule has 1 N–H and O–H groups in total. The Morgan fingerprint density at radius 3 is 2.69 bits per heavy atom. The molecular formula is C10H18N4OS. The largest absolute Gasteiger partial charge is 0.407 e. The van der Waals surface area contributed by atoms with Gasteiger partial charge in [0.25, 0.3) is 0 Å². The first kappa shape index (κ1) is 11.7. The van der Waals surface area contributed by atoms with Crippen molar-refractivity contribution in [2.45, 2.75) is 30.9 Å². The fraction of sp³-hybridized carbons (Fsp3) is 0.800. The van der Waals surface area contributed by atoms with Crippen molar-refractivity contribution in [2.75, 3.05) is 25.0 Å². The first-order valence-corrected chi connectivity index (χ1v) is 6.50. The second-order valence-corrected chi connectivity index (χ2v) is 6.05. The van der Waals surface area contributed by atoms with E-state index in [2.05, 4.69) is 34.3 Å². The predicted octanol–water partition coefficient (Wildman–Crippen LogP) is 1.12. The van der Waals surface area contributed by atoms with Gasteiger partial charge < -0.3 is 14.6 Å². The van der Waals surface area contributed by atoms with E-state index in [1.165, 1.54) is 0 Å². The number of aromatic nitrogens is 2. The van der Waals surface area contributed by atoms with E-state index in [0.29, 0.717) is 29.0 Å². The average molecular weight is 242 g/mol. The third-order valence-corrected chi connectivity index (χ3v) is 3.70. The molecule has 5 nitrogen and oxygen atoms in total. The monoisotopic (exact) mass is 242 g/mol. The Morgan fingerprint density at radius 1 is 1.38 bits per heavy atom. The number of nitrogens with zero attached hydrogens (tertiary/aromatic N) is 3. The van der Waals surface area contributed by atoms with Gasteiger partial charge in [-0.25, -0.2) is 0 Å². The second kappa shape index (κ2) is 5.05. The lowest BCUT2D eigenvalue weighted by molar-refractivity contribution is 0.468. The number of hydrogen-bond donors (Lipinski definition) is 1. The first-order chi connectivity index (χ1) is 7.69. The van der Waals surface area contributed by atoms with E-state index in [-0.39, 0.29) is 0 Å². The molecule has 2 atom stereocenters. The van der Waals surface area contributed by atoms with Crippen LogP contribution < -0.4 is 10.2 Å². The molecule has 2 rings (SSSR count). The van der Waals surface area contributed by atoms with Gasteiger partial charge in [0.15, 0.2) is 0 Å². The van der Waals surface area contributed by atoms with E-state index < -0.39 is 0 Å². The molecule has 2 unspecified atom stereocenters. The zero-order valence-corrected chi connectivity index (χ0v) is 10.8. The summed E-state index contributed by atoms with van der Waals surface area (Å²) in [6, 6.07) is 0.657. The van der Waals surface area contributed by atoms with Crippen LogP contribution in [0.2, 0.25) is 0 Å². The van der Waals surface area contributed by atoms with Crippen LogP contribution in [0, 0.1) is 0 Å². The molecular weight excluding hydrogens is 224 g/mol. The average Bonchev–Trinajstić information content (AvgIpc) is 2.65. The zero-order valence-electron chi connectivity index (χ0n) is 9.93. The second-order valence-electron chi connectivity index (χ2n) is 4.17. The number of anilines is 1. The number of nitrogens with one attached hydrogen (secondary N) is 1. The minimum Gasteiger partial charge on any atom is -0.407 e. The molecule has 2 heterocycles. The molecule has 1 aromatic rings. The van der Waals surface area contributed by atoms with E-state index in [0.717, 1.165) is 13.1 Å². The van der Waals surface area contributed by atoms with Crippen molar-refractivity contribution in [3.63, 3.8) is 0 Å². The van der Waals surface area contributed by atoms with Gasteiger partial charge in [-0.05, 0) is 7.05 Å². The molecule has 1 fully saturated rings. The van der Waals surface area contributed by atoms with Crippen LogP contribution in [0.4, 0.5) is 6.01 Å². The lowest BCUT2D eigenvalue weighted by atomic mass is 10.3. The Balaban J connectivity index is 2.04. The summed E-state index contributed by atoms with van der Waals surface area (Å²) in [6.07, 6.45) is 0. The van der Waals surface area contributed by atoms with Gasteiger partial charge in [-0.3, -0.25) is 0 Å². The summed E-state index contributed by atoms with van der Waals surface area (Å²) >= 11 is 2.01. The third kappa shape index (κ3) is 2.68. The van der Waals surface area contributed by atoms with Crippen LogP contribution in [0.3, 0.4) is 0 Å². The Labute approximate surface area is 100.0 Å². The van der Waals surface area contributed by atoms with Gasteiger partial charge >= 0.3 is 6.01 Å². The summed E-state index contributed by atoms with van der Waals surface area (Å²) < 4.78 is 5.59. The number of rotatable bonds is 3. The Hall–Kier alpha value is -0.750. The summed E-state index contributed by atoms with van der Waals surface area (Å²) in [5.74, 6) is 0.649. The van der Waals surface area contributed by atoms with Crippen LogP contribution in [0.1, 0.15) is 19.7 Å². The van der Waals surface area contributed by atoms with Crippen molar-refractivity contribution in [2.24, 2.45) is 0 Å². The smallest absolute Gasteiger partial charge is 0.318 e. The van der Waals surface area contributed by atoms with E-state index in [4.69, 9.17) is 4.42 Å². The topological polar surface area (TPSA) is 54.2 Å². The highest BCUT2D eigenvalue weighted by molar-refractivity contribution is 8.00. The van der Waals surface area contributed by atoms with Gasteiger partial charge in [-0.1, -0.05) is 18.9 Å². The molecule has 1 saturated heterocycles. The summed E-state index contributed by atoms with van der Waals surface area (Å²) in [6.45, 7) is 7.06. The van der Waals surface area contributed by atoms with Crippen LogP contribution in [-0.2, 0) is 6.54 Å². The molecule has 16 heavy (non-hydrogen) atoms. The van der Waals surface area contributed by atoms with Gasteiger partial charge in [-0.15, -0.1) is 5.10 Å². The maximum Gasteiger partial charge on any atom is 0.318 e. The van der Waals surface area contributed by atoms with Gasteiger partial charge in [0.05, 0.1) is 6.54 Å². The Morgan fingerprint density at radius 2 is 2.06 bits per heavy atom. The summed E-state index contributed by atoms with van der Waals surface area (Å²) in [5.41, 5.74) is 0. The summed E-state index contributed by atoms with van der Waals surface area (Å²) in [7, 11) is 1.87. The van der Waals surface area contributed by atoms with Crippen molar-refractivity contribution < 1.29 is 4.42 Å². The van der Waals surface area contributed by atoms with Crippen LogP contribution in [0.15, 0.2) is 4.42 Å². The highest BCUT2D eigenvalue weighted by atomic mass is 32.2. The van der Waals surface area contributed by atoms with Crippen LogP contribution in [0.25, 0.3) is 0 Å². The zero-order chi connectivity index (χ0) is 11.5. The lowest BCUT2D eigenvalue weighted by Crippen LogP contribution is -2.40. The molecule has 0 bridgehead atoms. The van der Waals surface area contributed by atoms with E-state index in [1.54, 1.807) is 0 Å². The van der Waals surface area contributed by atoms with Crippen molar-refractivity contribution in [1.29, 1.82) is 0 Å². The number of thioether (sulfide) groups is 1. The third-order valence-electron chi connectivity index (χ3n) is 2.47. The van der Waals surface area contributed by atoms with Crippen LogP contribution in [-0.4, -0.2) is 40.8 Å². The van der Waals surface area contributed by atoms with E-state index in [1.807, 2.05) is 18.8 Å². The van der Waals surface area contributed by atoms with Gasteiger partial charge in [0.1, 0.15) is 0 Å². The maximum absolute atomic E-state index is 5.59. The fourth-order valence-corrected chi connectivity index (χ4v) is 3.25. The highest BCUT2D eigenvalue weighted by Gasteiger charge is 2.25. The number of hydrogen-bond acceptors (Lipinski definition) is 6. The molecule has 0 saturated carbocycles. The quantitative estimate of drug-likeness (QED) is 0.857. The van der Waals surface area contributed by atoms with Crippen molar-refractivity contribution >= 4 is 17.8 Å². The Kier molecular flexibility index (Phi) is 3.70. The SMILES string of the molecule is CNCc1nnc(N2CC(C)SC(C)C2)o1. The van der Waals surface area contributed by atoms with Crippen LogP contribution >= 0.6 is 11.8 Å². The van der Waals surface area contributed by atoms with E-state index in [9.17, 15) is 0 Å². The van der Waals surface area contributed by atoms with Crippen molar-refractivity contribution in [1.82, 2.24) is 15.5 Å². The van der Waals surface area contributed by atoms with Gasteiger partial charge in [0.2, 0.25) is 5.89 Å². The molecule has 1 aliphatic rings. The lowest BCUT2D eigenvalue weighted by Gasteiger charge is -2.33. The first-order valence-electron chi connectivity index (χ1n) is 5.56. The fourth-order valence-electron chi connectivity index (χ4n) is 1.93. The van der Waals surface area contributed by atoms with Crippen molar-refractivity contribution in [3.8, 4) is 0 Å². The Bertz CT molecular complexity index is 333. The molecule has 0 radical (unpaired) electrons. The summed E-state index contributed by atoms with van der Waals surface area (Å²) in [4.78, 5) is 2.18. The maximum atomic E-state index is 5.59. The molecule has 0 spiro atoms. The molecule has 0 amide bonds. The van der Waals surface area contributed by atoms with Crippen molar-refractivity contribution in [3.05, 3.63) is 5.89 Å². The molecule has 1 aromatic heterocycles. The van der Waals surface area contributed by atoms with Crippen LogP contribution in [0.5, 0.6) is 0 Å². The minimum absolute atomic E-state index is 0.614. The molecule has 1 aliphatic heterocycles. The normalized spacial score (nSPS) is 26.1. The van der Waals surface area contributed by atoms with Gasteiger partial charge in [-0.2, -0.15) is 11.8 Å². The predicted molar refractivity (Wildman–Crippen MR) is 65.8 cm³/mol. The molecule has 90 valence electrons. The minimum atomic E-state index is 0.614. The highest BCUT2D eigenvalue weighted by Crippen LogP contribution is 2.27.